The van der Waals surface area contributed by atoms with Gasteiger partial charge in [-0.05, 0) is 37.3 Å². The molecule has 1 saturated carbocycles. The van der Waals surface area contributed by atoms with E-state index in [1.165, 1.54) is 0 Å². The lowest BCUT2D eigenvalue weighted by molar-refractivity contribution is 0.0114. The molecule has 18 heavy (non-hydrogen) atoms. The third kappa shape index (κ3) is 4.00. The first-order valence-electron chi connectivity index (χ1n) is 6.24. The second-order valence-electron chi connectivity index (χ2n) is 4.60. The molecule has 1 aliphatic rings. The number of ether oxygens (including phenoxy) is 1. The lowest BCUT2D eigenvalue weighted by Crippen LogP contribution is -2.38. The van der Waals surface area contributed by atoms with Crippen LogP contribution in [-0.4, -0.2) is 28.3 Å². The van der Waals surface area contributed by atoms with Crippen molar-refractivity contribution in [3.05, 3.63) is 30.1 Å². The van der Waals surface area contributed by atoms with Crippen LogP contribution in [0.2, 0.25) is 0 Å². The maximum atomic E-state index is 10.5. The van der Waals surface area contributed by atoms with Crippen molar-refractivity contribution in [1.82, 2.24) is 10.3 Å². The summed E-state index contributed by atoms with van der Waals surface area (Å²) in [6, 6.07) is 3.97. The number of pyridine rings is 1. The van der Waals surface area contributed by atoms with E-state index in [1.54, 1.807) is 12.4 Å². The van der Waals surface area contributed by atoms with Crippen molar-refractivity contribution in [1.29, 1.82) is 0 Å². The minimum Gasteiger partial charge on any atom is -0.465 e. The van der Waals surface area contributed by atoms with Gasteiger partial charge in [0.2, 0.25) is 0 Å². The molecule has 0 saturated heterocycles. The molecule has 5 nitrogen and oxygen atoms in total. The van der Waals surface area contributed by atoms with Crippen LogP contribution >= 0.6 is 0 Å². The van der Waals surface area contributed by atoms with E-state index in [1.807, 2.05) is 12.1 Å². The number of carbonyl (C=O) groups is 1. The fourth-order valence-electron chi connectivity index (χ4n) is 2.25. The van der Waals surface area contributed by atoms with E-state index in [9.17, 15) is 4.79 Å². The Bertz CT molecular complexity index is 375. The molecule has 1 aromatic heterocycles. The number of aromatic nitrogens is 1. The largest absolute Gasteiger partial charge is 0.465 e. The average molecular weight is 250 g/mol. The molecule has 0 atom stereocenters. The normalized spacial score (nSPS) is 23.6. The minimum absolute atomic E-state index is 0.0840. The number of amides is 1. The maximum absolute atomic E-state index is 10.5. The fourth-order valence-corrected chi connectivity index (χ4v) is 2.25. The molecule has 1 aromatic rings. The molecule has 1 fully saturated rings. The summed E-state index contributed by atoms with van der Waals surface area (Å²) in [5.74, 6) is 0. The van der Waals surface area contributed by atoms with Gasteiger partial charge in [-0.2, -0.15) is 0 Å². The summed E-state index contributed by atoms with van der Waals surface area (Å²) in [7, 11) is 0. The highest BCUT2D eigenvalue weighted by molar-refractivity contribution is 5.64. The first kappa shape index (κ1) is 12.8. The van der Waals surface area contributed by atoms with Gasteiger partial charge in [0.05, 0.1) is 12.7 Å². The summed E-state index contributed by atoms with van der Waals surface area (Å²) in [6.07, 6.45) is 6.36. The number of carboxylic acid groups (broad SMARTS) is 1. The molecule has 2 N–H and O–H groups in total. The van der Waals surface area contributed by atoms with Gasteiger partial charge in [-0.3, -0.25) is 4.98 Å². The quantitative estimate of drug-likeness (QED) is 0.859. The highest BCUT2D eigenvalue weighted by atomic mass is 16.5. The molecule has 0 bridgehead atoms. The van der Waals surface area contributed by atoms with E-state index < -0.39 is 6.09 Å². The smallest absolute Gasteiger partial charge is 0.404 e. The van der Waals surface area contributed by atoms with Gasteiger partial charge in [0.1, 0.15) is 0 Å². The van der Waals surface area contributed by atoms with Gasteiger partial charge in [0, 0.05) is 18.4 Å². The van der Waals surface area contributed by atoms with Crippen molar-refractivity contribution in [2.45, 2.75) is 44.4 Å². The summed E-state index contributed by atoms with van der Waals surface area (Å²) >= 11 is 0. The second kappa shape index (κ2) is 6.35. The molecule has 0 radical (unpaired) electrons. The van der Waals surface area contributed by atoms with Crippen molar-refractivity contribution in [2.75, 3.05) is 0 Å². The average Bonchev–Trinajstić information content (AvgIpc) is 2.38. The summed E-state index contributed by atoms with van der Waals surface area (Å²) in [5.41, 5.74) is 1.07. The monoisotopic (exact) mass is 250 g/mol. The molecule has 1 aliphatic carbocycles. The molecule has 0 unspecified atom stereocenters. The van der Waals surface area contributed by atoms with Crippen LogP contribution in [0.1, 0.15) is 31.2 Å². The maximum Gasteiger partial charge on any atom is 0.404 e. The Kier molecular flexibility index (Phi) is 4.52. The van der Waals surface area contributed by atoms with Gasteiger partial charge >= 0.3 is 6.09 Å². The van der Waals surface area contributed by atoms with Gasteiger partial charge in [-0.25, -0.2) is 4.79 Å². The zero-order valence-corrected chi connectivity index (χ0v) is 10.2. The predicted molar refractivity (Wildman–Crippen MR) is 66.2 cm³/mol. The minimum atomic E-state index is -0.935. The van der Waals surface area contributed by atoms with Crippen LogP contribution in [0.5, 0.6) is 0 Å². The number of nitrogens with one attached hydrogen (secondary N) is 1. The van der Waals surface area contributed by atoms with E-state index >= 15 is 0 Å². The SMILES string of the molecule is O=C(O)N[C@H]1CC[C@H](OCc2cccnc2)CC1. The molecule has 1 amide bonds. The molecular formula is C13H18N2O3. The number of rotatable bonds is 4. The third-order valence-corrected chi connectivity index (χ3v) is 3.21. The number of hydrogen-bond acceptors (Lipinski definition) is 3. The Morgan fingerprint density at radius 2 is 2.22 bits per heavy atom. The second-order valence-corrected chi connectivity index (χ2v) is 4.60. The lowest BCUT2D eigenvalue weighted by atomic mass is 9.93. The Morgan fingerprint density at radius 3 is 2.83 bits per heavy atom. The van der Waals surface area contributed by atoms with Crippen LogP contribution < -0.4 is 5.32 Å². The molecule has 98 valence electrons. The molecule has 5 heteroatoms. The highest BCUT2D eigenvalue weighted by Crippen LogP contribution is 2.22. The van der Waals surface area contributed by atoms with Gasteiger partial charge in [-0.1, -0.05) is 6.07 Å². The van der Waals surface area contributed by atoms with Crippen LogP contribution in [0.15, 0.2) is 24.5 Å². The lowest BCUT2D eigenvalue weighted by Gasteiger charge is -2.28. The predicted octanol–water partition coefficient (Wildman–Crippen LogP) is 2.18. The van der Waals surface area contributed by atoms with Crippen molar-refractivity contribution >= 4 is 6.09 Å². The first-order chi connectivity index (χ1) is 8.74. The molecule has 0 aromatic carbocycles. The first-order valence-corrected chi connectivity index (χ1v) is 6.24. The molecule has 0 aliphatic heterocycles. The van der Waals surface area contributed by atoms with E-state index in [0.717, 1.165) is 31.2 Å². The van der Waals surface area contributed by atoms with Crippen LogP contribution in [0.25, 0.3) is 0 Å². The van der Waals surface area contributed by atoms with E-state index in [-0.39, 0.29) is 12.1 Å². The molecule has 2 rings (SSSR count). The number of nitrogens with zero attached hydrogens (tertiary/aromatic N) is 1. The van der Waals surface area contributed by atoms with E-state index in [2.05, 4.69) is 10.3 Å². The van der Waals surface area contributed by atoms with Gasteiger partial charge in [0.15, 0.2) is 0 Å². The Balaban J connectivity index is 1.69. The van der Waals surface area contributed by atoms with Crippen molar-refractivity contribution in [3.63, 3.8) is 0 Å². The van der Waals surface area contributed by atoms with E-state index in [0.29, 0.717) is 6.61 Å². The summed E-state index contributed by atoms with van der Waals surface area (Å²) < 4.78 is 5.81. The highest BCUT2D eigenvalue weighted by Gasteiger charge is 2.22. The topological polar surface area (TPSA) is 71.5 Å². The van der Waals surface area contributed by atoms with Crippen molar-refractivity contribution in [3.8, 4) is 0 Å². The van der Waals surface area contributed by atoms with Crippen LogP contribution in [0.3, 0.4) is 0 Å². The van der Waals surface area contributed by atoms with Gasteiger partial charge in [-0.15, -0.1) is 0 Å². The Morgan fingerprint density at radius 1 is 1.44 bits per heavy atom. The number of hydrogen-bond donors (Lipinski definition) is 2. The Hall–Kier alpha value is -1.62. The summed E-state index contributed by atoms with van der Waals surface area (Å²) in [4.78, 5) is 14.5. The van der Waals surface area contributed by atoms with Crippen LogP contribution in [-0.2, 0) is 11.3 Å². The van der Waals surface area contributed by atoms with Gasteiger partial charge < -0.3 is 15.2 Å². The van der Waals surface area contributed by atoms with Gasteiger partial charge in [0.25, 0.3) is 0 Å². The summed E-state index contributed by atoms with van der Waals surface area (Å²) in [6.45, 7) is 0.579. The zero-order chi connectivity index (χ0) is 12.8. The fraction of sp³-hybridized carbons (Fsp3) is 0.538. The van der Waals surface area contributed by atoms with Crippen LogP contribution in [0.4, 0.5) is 4.79 Å². The molecular weight excluding hydrogens is 232 g/mol. The van der Waals surface area contributed by atoms with Crippen LogP contribution in [0, 0.1) is 0 Å². The summed E-state index contributed by atoms with van der Waals surface area (Å²) in [5, 5.41) is 11.2. The third-order valence-electron chi connectivity index (χ3n) is 3.21. The van der Waals surface area contributed by atoms with E-state index in [4.69, 9.17) is 9.84 Å². The molecule has 1 heterocycles. The van der Waals surface area contributed by atoms with Crippen molar-refractivity contribution < 1.29 is 14.6 Å². The molecule has 0 spiro atoms. The standard InChI is InChI=1S/C13H18N2O3/c16-13(17)15-11-3-5-12(6-4-11)18-9-10-2-1-7-14-8-10/h1-2,7-8,11-12,15H,3-6,9H2,(H,16,17)/t11-,12-. The zero-order valence-electron chi connectivity index (χ0n) is 10.2. The Labute approximate surface area is 106 Å². The van der Waals surface area contributed by atoms with Crippen molar-refractivity contribution in [2.24, 2.45) is 0 Å².